The Balaban J connectivity index is 1.73. The molecule has 6 heteroatoms. The Bertz CT molecular complexity index is 996. The van der Waals surface area contributed by atoms with E-state index in [0.717, 1.165) is 11.3 Å². The van der Waals surface area contributed by atoms with Crippen molar-refractivity contribution >= 4 is 17.4 Å². The third-order valence-electron chi connectivity index (χ3n) is 3.60. The number of rotatable bonds is 3. The molecule has 116 valence electrons. The molecule has 0 atom stereocenters. The molecule has 0 bridgehead atoms. The first-order valence-electron chi connectivity index (χ1n) is 7.42. The lowest BCUT2D eigenvalue weighted by Crippen LogP contribution is -2.14. The van der Waals surface area contributed by atoms with E-state index in [2.05, 4.69) is 20.3 Å². The minimum atomic E-state index is -0.272. The highest BCUT2D eigenvalue weighted by molar-refractivity contribution is 6.07. The molecule has 0 unspecified atom stereocenters. The van der Waals surface area contributed by atoms with Crippen molar-refractivity contribution in [3.63, 3.8) is 0 Å². The topological polar surface area (TPSA) is 72.2 Å². The number of benzene rings is 1. The van der Waals surface area contributed by atoms with Crippen LogP contribution in [0, 0.1) is 0 Å². The van der Waals surface area contributed by atoms with Gasteiger partial charge in [0.25, 0.3) is 5.91 Å². The average Bonchev–Trinajstić information content (AvgIpc) is 3.07. The smallest absolute Gasteiger partial charge is 0.260 e. The Morgan fingerprint density at radius 2 is 1.92 bits per heavy atom. The lowest BCUT2D eigenvalue weighted by molar-refractivity contribution is 0.102. The van der Waals surface area contributed by atoms with Gasteiger partial charge < -0.3 is 9.72 Å². The number of hydrogen-bond acceptors (Lipinski definition) is 4. The second-order valence-electron chi connectivity index (χ2n) is 5.19. The summed E-state index contributed by atoms with van der Waals surface area (Å²) in [6.07, 6.45) is 8.35. The molecular weight excluding hydrogens is 302 g/mol. The van der Waals surface area contributed by atoms with Crippen molar-refractivity contribution in [3.8, 4) is 11.3 Å². The summed E-state index contributed by atoms with van der Waals surface area (Å²) in [6, 6.07) is 13.4. The van der Waals surface area contributed by atoms with Crippen molar-refractivity contribution in [2.75, 3.05) is 5.32 Å². The molecule has 0 spiro atoms. The fourth-order valence-electron chi connectivity index (χ4n) is 2.49. The SMILES string of the molecule is O=C(Nc1cnccn1)c1cccn2cc(-c3ccccc3)nc12. The molecule has 0 aliphatic carbocycles. The predicted molar refractivity (Wildman–Crippen MR) is 90.6 cm³/mol. The number of amides is 1. The van der Waals surface area contributed by atoms with Gasteiger partial charge in [0.05, 0.1) is 17.5 Å². The largest absolute Gasteiger partial charge is 0.306 e. The van der Waals surface area contributed by atoms with Gasteiger partial charge in [0, 0.05) is 30.4 Å². The Kier molecular flexibility index (Phi) is 3.47. The van der Waals surface area contributed by atoms with E-state index < -0.39 is 0 Å². The molecule has 0 aliphatic heterocycles. The molecule has 1 aromatic carbocycles. The third kappa shape index (κ3) is 2.61. The number of pyridine rings is 1. The monoisotopic (exact) mass is 315 g/mol. The quantitative estimate of drug-likeness (QED) is 0.631. The van der Waals surface area contributed by atoms with Crippen molar-refractivity contribution in [1.29, 1.82) is 0 Å². The standard InChI is InChI=1S/C18H13N5O/c24-18(22-16-11-19-8-9-20-16)14-7-4-10-23-12-15(21-17(14)23)13-5-2-1-3-6-13/h1-12H,(H,20,22,24). The first-order chi connectivity index (χ1) is 11.8. The summed E-state index contributed by atoms with van der Waals surface area (Å²) in [5.74, 6) is 0.130. The van der Waals surface area contributed by atoms with Crippen LogP contribution < -0.4 is 5.32 Å². The molecule has 0 radical (unpaired) electrons. The van der Waals surface area contributed by atoms with Gasteiger partial charge in [0.15, 0.2) is 5.82 Å². The van der Waals surface area contributed by atoms with E-state index in [4.69, 9.17) is 0 Å². The molecule has 3 aromatic heterocycles. The fraction of sp³-hybridized carbons (Fsp3) is 0. The normalized spacial score (nSPS) is 10.7. The van der Waals surface area contributed by atoms with Crippen molar-refractivity contribution in [2.45, 2.75) is 0 Å². The number of imidazole rings is 1. The molecule has 4 rings (SSSR count). The van der Waals surface area contributed by atoms with Crippen LogP contribution in [0.2, 0.25) is 0 Å². The molecule has 0 fully saturated rings. The van der Waals surface area contributed by atoms with Crippen LogP contribution in [0.15, 0.2) is 73.4 Å². The second-order valence-corrected chi connectivity index (χ2v) is 5.19. The van der Waals surface area contributed by atoms with E-state index in [9.17, 15) is 4.79 Å². The summed E-state index contributed by atoms with van der Waals surface area (Å²) in [5, 5.41) is 2.73. The van der Waals surface area contributed by atoms with Gasteiger partial charge in [0.2, 0.25) is 0 Å². The van der Waals surface area contributed by atoms with Crippen LogP contribution >= 0.6 is 0 Å². The molecule has 1 N–H and O–H groups in total. The molecule has 4 aromatic rings. The molecular formula is C18H13N5O. The molecule has 24 heavy (non-hydrogen) atoms. The Labute approximate surface area is 137 Å². The Hall–Kier alpha value is -3.54. The summed E-state index contributed by atoms with van der Waals surface area (Å²) in [6.45, 7) is 0. The summed E-state index contributed by atoms with van der Waals surface area (Å²) in [5.41, 5.74) is 2.89. The number of fused-ring (bicyclic) bond motifs is 1. The number of anilines is 1. The lowest BCUT2D eigenvalue weighted by atomic mass is 10.2. The summed E-state index contributed by atoms with van der Waals surface area (Å²) in [7, 11) is 0. The van der Waals surface area contributed by atoms with E-state index in [0.29, 0.717) is 17.0 Å². The Morgan fingerprint density at radius 3 is 2.71 bits per heavy atom. The lowest BCUT2D eigenvalue weighted by Gasteiger charge is -2.04. The molecule has 6 nitrogen and oxygen atoms in total. The van der Waals surface area contributed by atoms with E-state index in [1.54, 1.807) is 12.3 Å². The van der Waals surface area contributed by atoms with Crippen LogP contribution in [-0.2, 0) is 0 Å². The minimum Gasteiger partial charge on any atom is -0.306 e. The zero-order valence-corrected chi connectivity index (χ0v) is 12.6. The summed E-state index contributed by atoms with van der Waals surface area (Å²) >= 11 is 0. The molecule has 0 aliphatic rings. The number of nitrogens with zero attached hydrogens (tertiary/aromatic N) is 4. The minimum absolute atomic E-state index is 0.272. The summed E-state index contributed by atoms with van der Waals surface area (Å²) < 4.78 is 1.84. The number of hydrogen-bond donors (Lipinski definition) is 1. The molecule has 1 amide bonds. The van der Waals surface area contributed by atoms with Gasteiger partial charge in [-0.3, -0.25) is 9.78 Å². The second kappa shape index (κ2) is 5.92. The number of nitrogens with one attached hydrogen (secondary N) is 1. The summed E-state index contributed by atoms with van der Waals surface area (Å²) in [4.78, 5) is 25.1. The Morgan fingerprint density at radius 1 is 1.04 bits per heavy atom. The molecule has 0 saturated carbocycles. The van der Waals surface area contributed by atoms with Gasteiger partial charge >= 0.3 is 0 Å². The number of aromatic nitrogens is 4. The average molecular weight is 315 g/mol. The maximum Gasteiger partial charge on any atom is 0.260 e. The van der Waals surface area contributed by atoms with Crippen molar-refractivity contribution < 1.29 is 4.79 Å². The highest BCUT2D eigenvalue weighted by Gasteiger charge is 2.14. The highest BCUT2D eigenvalue weighted by Crippen LogP contribution is 2.21. The van der Waals surface area contributed by atoms with Gasteiger partial charge in [-0.25, -0.2) is 9.97 Å². The van der Waals surface area contributed by atoms with Crippen molar-refractivity contribution in [2.24, 2.45) is 0 Å². The molecule has 0 saturated heterocycles. The van der Waals surface area contributed by atoms with E-state index in [1.807, 2.05) is 53.2 Å². The number of carbonyl (C=O) groups excluding carboxylic acids is 1. The van der Waals surface area contributed by atoms with E-state index in [-0.39, 0.29) is 5.91 Å². The van der Waals surface area contributed by atoms with Gasteiger partial charge in [-0.05, 0) is 12.1 Å². The van der Waals surface area contributed by atoms with Crippen LogP contribution in [0.3, 0.4) is 0 Å². The zero-order chi connectivity index (χ0) is 16.4. The number of carbonyl (C=O) groups is 1. The predicted octanol–water partition coefficient (Wildman–Crippen LogP) is 3.04. The third-order valence-corrected chi connectivity index (χ3v) is 3.60. The van der Waals surface area contributed by atoms with E-state index >= 15 is 0 Å². The van der Waals surface area contributed by atoms with Crippen LogP contribution in [0.5, 0.6) is 0 Å². The van der Waals surface area contributed by atoms with E-state index in [1.165, 1.54) is 12.4 Å². The van der Waals surface area contributed by atoms with Gasteiger partial charge in [-0.15, -0.1) is 0 Å². The van der Waals surface area contributed by atoms with Gasteiger partial charge in [0.1, 0.15) is 5.65 Å². The highest BCUT2D eigenvalue weighted by atomic mass is 16.1. The maximum absolute atomic E-state index is 12.5. The fourth-order valence-corrected chi connectivity index (χ4v) is 2.49. The van der Waals surface area contributed by atoms with Crippen LogP contribution in [0.1, 0.15) is 10.4 Å². The first-order valence-corrected chi connectivity index (χ1v) is 7.42. The van der Waals surface area contributed by atoms with Crippen LogP contribution in [0.4, 0.5) is 5.82 Å². The molecule has 3 heterocycles. The zero-order valence-electron chi connectivity index (χ0n) is 12.6. The van der Waals surface area contributed by atoms with Crippen molar-refractivity contribution in [1.82, 2.24) is 19.4 Å². The van der Waals surface area contributed by atoms with Crippen LogP contribution in [0.25, 0.3) is 16.9 Å². The first kappa shape index (κ1) is 14.1. The van der Waals surface area contributed by atoms with Crippen molar-refractivity contribution in [3.05, 3.63) is 79.0 Å². The van der Waals surface area contributed by atoms with Crippen LogP contribution in [-0.4, -0.2) is 25.3 Å². The van der Waals surface area contributed by atoms with Gasteiger partial charge in [-0.1, -0.05) is 30.3 Å². The van der Waals surface area contributed by atoms with Gasteiger partial charge in [-0.2, -0.15) is 0 Å². The maximum atomic E-state index is 12.5.